The number of aliphatic imine (C=N–C) groups is 1. The van der Waals surface area contributed by atoms with Crippen molar-refractivity contribution in [3.8, 4) is 16.9 Å². The van der Waals surface area contributed by atoms with Crippen LogP contribution in [0, 0.1) is 27.7 Å². The van der Waals surface area contributed by atoms with Gasteiger partial charge in [0.15, 0.2) is 6.29 Å². The van der Waals surface area contributed by atoms with E-state index in [0.29, 0.717) is 30.2 Å². The number of rotatable bonds is 15. The van der Waals surface area contributed by atoms with E-state index in [1.54, 1.807) is 12.3 Å². The number of fused-ring (bicyclic) bond motifs is 2. The van der Waals surface area contributed by atoms with E-state index in [9.17, 15) is 14.7 Å². The Labute approximate surface area is 356 Å². The SMILES string of the molecule is CC=N/C(=C\C)Cn1c(C(=O)O)cc2cc(C(C)C)cc(N(C)[C@@H](C)n3c(C=O)c(CCCOc4cc(C)c(Cl)c(C)c4)c4ccc(Cl)c(-c5c(C)nn(C)c5C)c43)c21. The van der Waals surface area contributed by atoms with Crippen molar-refractivity contribution in [1.29, 1.82) is 0 Å². The normalized spacial score (nSPS) is 12.7. The number of carbonyl (C=O) groups excluding carboxylic acids is 1. The van der Waals surface area contributed by atoms with Crippen LogP contribution in [0.3, 0.4) is 0 Å². The summed E-state index contributed by atoms with van der Waals surface area (Å²) in [5.41, 5.74) is 11.2. The Balaban J connectivity index is 1.57. The van der Waals surface area contributed by atoms with Gasteiger partial charge < -0.3 is 23.9 Å². The highest BCUT2D eigenvalue weighted by Crippen LogP contribution is 2.45. The monoisotopic (exact) mass is 836 g/mol. The largest absolute Gasteiger partial charge is 0.494 e. The molecule has 3 aromatic heterocycles. The lowest BCUT2D eigenvalue weighted by molar-refractivity contribution is 0.0686. The molecule has 1 N–H and O–H groups in total. The highest BCUT2D eigenvalue weighted by Gasteiger charge is 2.30. The van der Waals surface area contributed by atoms with Crippen LogP contribution in [-0.4, -0.2) is 56.1 Å². The van der Waals surface area contributed by atoms with Crippen LogP contribution in [0.4, 0.5) is 5.69 Å². The summed E-state index contributed by atoms with van der Waals surface area (Å²) in [4.78, 5) is 33.1. The van der Waals surface area contributed by atoms with E-state index < -0.39 is 12.1 Å². The van der Waals surface area contributed by atoms with Gasteiger partial charge in [-0.25, -0.2) is 4.79 Å². The van der Waals surface area contributed by atoms with E-state index in [1.165, 1.54) is 0 Å². The van der Waals surface area contributed by atoms with Gasteiger partial charge in [-0.15, -0.1) is 0 Å². The van der Waals surface area contributed by atoms with Crippen LogP contribution in [0.25, 0.3) is 32.9 Å². The second-order valence-corrected chi connectivity index (χ2v) is 16.4. The molecule has 0 amide bonds. The van der Waals surface area contributed by atoms with Gasteiger partial charge in [-0.1, -0.05) is 49.2 Å². The molecule has 10 nitrogen and oxygen atoms in total. The number of benzene rings is 3. The van der Waals surface area contributed by atoms with Gasteiger partial charge in [0.1, 0.15) is 17.6 Å². The van der Waals surface area contributed by atoms with Gasteiger partial charge in [0.2, 0.25) is 0 Å². The minimum absolute atomic E-state index is 0.156. The van der Waals surface area contributed by atoms with Crippen molar-refractivity contribution in [3.63, 3.8) is 0 Å². The number of anilines is 1. The Bertz CT molecular complexity index is 2640. The Kier molecular flexibility index (Phi) is 12.8. The lowest BCUT2D eigenvalue weighted by Crippen LogP contribution is -2.29. The summed E-state index contributed by atoms with van der Waals surface area (Å²) in [5, 5.41) is 18.3. The number of hydrogen-bond donors (Lipinski definition) is 1. The maximum Gasteiger partial charge on any atom is 0.352 e. The first-order chi connectivity index (χ1) is 28.0. The maximum absolute atomic E-state index is 13.6. The first kappa shape index (κ1) is 43.3. The number of hydrogen-bond acceptors (Lipinski definition) is 6. The number of carbonyl (C=O) groups is 2. The molecule has 12 heteroatoms. The van der Waals surface area contributed by atoms with E-state index >= 15 is 0 Å². The lowest BCUT2D eigenvalue weighted by atomic mass is 9.98. The lowest BCUT2D eigenvalue weighted by Gasteiger charge is -2.32. The van der Waals surface area contributed by atoms with Crippen molar-refractivity contribution in [2.24, 2.45) is 12.0 Å². The first-order valence-corrected chi connectivity index (χ1v) is 20.8. The molecule has 310 valence electrons. The zero-order chi connectivity index (χ0) is 43.0. The number of aromatic nitrogens is 4. The summed E-state index contributed by atoms with van der Waals surface area (Å²) < 4.78 is 12.0. The van der Waals surface area contributed by atoms with Crippen molar-refractivity contribution in [2.45, 2.75) is 93.8 Å². The molecule has 0 bridgehead atoms. The maximum atomic E-state index is 13.6. The van der Waals surface area contributed by atoms with Crippen molar-refractivity contribution in [1.82, 2.24) is 18.9 Å². The molecule has 0 fully saturated rings. The summed E-state index contributed by atoms with van der Waals surface area (Å²) in [6.45, 7) is 18.7. The number of aldehydes is 1. The number of carboxylic acids is 1. The van der Waals surface area contributed by atoms with Crippen molar-refractivity contribution in [3.05, 3.63) is 109 Å². The first-order valence-electron chi connectivity index (χ1n) is 20.0. The quantitative estimate of drug-likeness (QED) is 0.0627. The van der Waals surface area contributed by atoms with Gasteiger partial charge in [0.25, 0.3) is 0 Å². The molecule has 3 heterocycles. The van der Waals surface area contributed by atoms with Gasteiger partial charge in [0, 0.05) is 52.9 Å². The van der Waals surface area contributed by atoms with Gasteiger partial charge in [-0.3, -0.25) is 14.5 Å². The molecule has 0 radical (unpaired) electrons. The van der Waals surface area contributed by atoms with Gasteiger partial charge >= 0.3 is 5.97 Å². The molecule has 0 saturated heterocycles. The molecule has 0 aliphatic rings. The highest BCUT2D eigenvalue weighted by molar-refractivity contribution is 6.35. The summed E-state index contributed by atoms with van der Waals surface area (Å²) >= 11 is 13.6. The Morgan fingerprint density at radius 2 is 1.69 bits per heavy atom. The Hall–Kier alpha value is -5.32. The van der Waals surface area contributed by atoms with Gasteiger partial charge in [-0.05, 0) is 126 Å². The van der Waals surface area contributed by atoms with E-state index in [4.69, 9.17) is 33.0 Å². The van der Waals surface area contributed by atoms with E-state index in [-0.39, 0.29) is 18.2 Å². The van der Waals surface area contributed by atoms with Crippen LogP contribution in [0.2, 0.25) is 10.0 Å². The average Bonchev–Trinajstić information content (AvgIpc) is 3.81. The average molecular weight is 838 g/mol. The van der Waals surface area contributed by atoms with E-state index in [1.807, 2.05) is 95.2 Å². The molecule has 0 spiro atoms. The topological polar surface area (TPSA) is 107 Å². The molecule has 3 aromatic carbocycles. The van der Waals surface area contributed by atoms with Crippen LogP contribution in [0.15, 0.2) is 59.2 Å². The summed E-state index contributed by atoms with van der Waals surface area (Å²) in [6.07, 6.45) is 5.29. The smallest absolute Gasteiger partial charge is 0.352 e. The second-order valence-electron chi connectivity index (χ2n) is 15.6. The third-order valence-corrected chi connectivity index (χ3v) is 12.4. The van der Waals surface area contributed by atoms with Crippen LogP contribution >= 0.6 is 23.2 Å². The number of halogens is 2. The summed E-state index contributed by atoms with van der Waals surface area (Å²) in [6, 6.07) is 13.8. The summed E-state index contributed by atoms with van der Waals surface area (Å²) in [7, 11) is 3.91. The zero-order valence-corrected chi connectivity index (χ0v) is 37.4. The molecule has 6 aromatic rings. The molecule has 0 aliphatic heterocycles. The molecular formula is C47H54Cl2N6O4. The Morgan fingerprint density at radius 3 is 2.27 bits per heavy atom. The minimum Gasteiger partial charge on any atom is -0.494 e. The molecule has 0 saturated carbocycles. The van der Waals surface area contributed by atoms with Crippen molar-refractivity contribution in [2.75, 3.05) is 18.6 Å². The highest BCUT2D eigenvalue weighted by atomic mass is 35.5. The number of ether oxygens (including phenoxy) is 1. The second kappa shape index (κ2) is 17.5. The number of aryl methyl sites for hydroxylation is 5. The van der Waals surface area contributed by atoms with Gasteiger partial charge in [0.05, 0.1) is 52.0 Å². The number of aromatic carboxylic acids is 1. The summed E-state index contributed by atoms with van der Waals surface area (Å²) in [5.74, 6) is -0.118. The zero-order valence-electron chi connectivity index (χ0n) is 35.9. The van der Waals surface area contributed by atoms with Crippen molar-refractivity contribution >= 4 is 69.2 Å². The molecule has 0 unspecified atom stereocenters. The molecule has 1 atom stereocenters. The van der Waals surface area contributed by atoms with Crippen LogP contribution in [0.5, 0.6) is 5.75 Å². The standard InChI is InChI=1S/C47H54Cl2N6O4/c1-12-34(50-13-2)24-54-40(47(57)58)23-33-21-32(26(3)4)22-39(45(33)54)52(10)31(9)55-41(25-56)36(15-14-18-59-35-19-27(5)44(49)28(6)20-35)37-16-17-38(48)43(46(37)55)42-29(7)51-53(11)30(42)8/h12-13,16-17,19-23,25-26,31H,14-15,18,24H2,1-11H3,(H,57,58)/b34-12-,50-13?/t31-/m1/s1. The van der Waals surface area contributed by atoms with Crippen LogP contribution < -0.4 is 9.64 Å². The number of carboxylic acid groups (broad SMARTS) is 1. The van der Waals surface area contributed by atoms with Gasteiger partial charge in [-0.2, -0.15) is 5.10 Å². The fourth-order valence-corrected chi connectivity index (χ4v) is 8.67. The van der Waals surface area contributed by atoms with Crippen LogP contribution in [0.1, 0.15) is 108 Å². The number of nitrogens with zero attached hydrogens (tertiary/aromatic N) is 6. The molecular weight excluding hydrogens is 783 g/mol. The molecule has 6 rings (SSSR count). The van der Waals surface area contributed by atoms with Crippen LogP contribution in [-0.2, 0) is 20.0 Å². The third-order valence-electron chi connectivity index (χ3n) is 11.5. The molecule has 0 aliphatic carbocycles. The fraction of sp³-hybridized carbons (Fsp3) is 0.362. The number of allylic oxidation sites excluding steroid dienone is 2. The van der Waals surface area contributed by atoms with E-state index in [0.717, 1.165) is 95.0 Å². The fourth-order valence-electron chi connectivity index (χ4n) is 8.31. The predicted octanol–water partition coefficient (Wildman–Crippen LogP) is 11.8. The minimum atomic E-state index is -1.03. The van der Waals surface area contributed by atoms with Crippen molar-refractivity contribution < 1.29 is 19.4 Å². The third kappa shape index (κ3) is 8.05. The Morgan fingerprint density at radius 1 is 1.00 bits per heavy atom. The van der Waals surface area contributed by atoms with E-state index in [2.05, 4.69) is 47.4 Å². The predicted molar refractivity (Wildman–Crippen MR) is 243 cm³/mol. The molecule has 59 heavy (non-hydrogen) atoms.